The van der Waals surface area contributed by atoms with Gasteiger partial charge in [-0.2, -0.15) is 4.79 Å². The van der Waals surface area contributed by atoms with E-state index >= 15 is 0 Å². The van der Waals surface area contributed by atoms with Gasteiger partial charge in [0.25, 0.3) is 5.96 Å². The smallest absolute Gasteiger partial charge is 0.363 e. The third kappa shape index (κ3) is 3.45. The molecule has 0 aromatic heterocycles. The normalized spacial score (nSPS) is 17.3. The number of nitrogens with two attached hydrogens (primary N) is 1. The highest BCUT2D eigenvalue weighted by atomic mass is 16.9. The molecule has 0 atom stereocenters. The molecule has 0 aromatic carbocycles. The maximum atomic E-state index is 10.7. The highest BCUT2D eigenvalue weighted by Gasteiger charge is 2.22. The molecule has 0 saturated carbocycles. The number of nitrogens with zero attached hydrogens (tertiary/aromatic N) is 3. The first kappa shape index (κ1) is 11.3. The summed E-state index contributed by atoms with van der Waals surface area (Å²) < 4.78 is 0. The van der Waals surface area contributed by atoms with Gasteiger partial charge in [0.05, 0.1) is 0 Å². The second kappa shape index (κ2) is 4.63. The highest BCUT2D eigenvalue weighted by molar-refractivity contribution is 5.85. The molecule has 0 unspecified atom stereocenters. The van der Waals surface area contributed by atoms with E-state index in [1.165, 1.54) is 0 Å². The van der Waals surface area contributed by atoms with E-state index in [0.29, 0.717) is 5.92 Å². The third-order valence-electron chi connectivity index (χ3n) is 1.54. The Hall–Kier alpha value is -1.79. The monoisotopic (exact) mass is 214 g/mol. The largest absolute Gasteiger partial charge is 0.562 e. The Labute approximate surface area is 87.4 Å². The van der Waals surface area contributed by atoms with Crippen LogP contribution in [-0.4, -0.2) is 23.0 Å². The van der Waals surface area contributed by atoms with Crippen molar-refractivity contribution < 1.29 is 14.5 Å². The first-order valence-corrected chi connectivity index (χ1v) is 4.55. The van der Waals surface area contributed by atoms with Gasteiger partial charge in [-0.25, -0.2) is 0 Å². The van der Waals surface area contributed by atoms with Crippen LogP contribution in [0, 0.1) is 5.92 Å². The zero-order chi connectivity index (χ0) is 11.4. The maximum Gasteiger partial charge on any atom is 0.562 e. The molecule has 1 heterocycles. The van der Waals surface area contributed by atoms with Gasteiger partial charge in [-0.1, -0.05) is 13.8 Å². The quantitative estimate of drug-likeness (QED) is 0.559. The predicted octanol–water partition coefficient (Wildman–Crippen LogP) is 1.02. The van der Waals surface area contributed by atoms with Crippen LogP contribution in [0.1, 0.15) is 27.2 Å². The Morgan fingerprint density at radius 1 is 1.67 bits per heavy atom. The molecule has 2 N–H and O–H groups in total. The summed E-state index contributed by atoms with van der Waals surface area (Å²) >= 11 is 0. The van der Waals surface area contributed by atoms with Gasteiger partial charge in [-0.3, -0.25) is 9.68 Å². The lowest BCUT2D eigenvalue weighted by molar-refractivity contribution is -0.0958. The van der Waals surface area contributed by atoms with Crippen LogP contribution in [0.25, 0.3) is 0 Å². The molecule has 0 bridgehead atoms. The van der Waals surface area contributed by atoms with Crippen LogP contribution in [-0.2, 0) is 9.68 Å². The van der Waals surface area contributed by atoms with Crippen molar-refractivity contribution in [1.82, 2.24) is 5.17 Å². The minimum atomic E-state index is -0.953. The number of hydroxylamine groups is 1. The van der Waals surface area contributed by atoms with Crippen molar-refractivity contribution in [3.63, 3.8) is 0 Å². The maximum absolute atomic E-state index is 10.7. The van der Waals surface area contributed by atoms with Gasteiger partial charge < -0.3 is 5.73 Å². The van der Waals surface area contributed by atoms with Crippen LogP contribution >= 0.6 is 0 Å². The minimum absolute atomic E-state index is 0.113. The molecule has 0 aliphatic carbocycles. The number of oxime groups is 1. The second-order valence-corrected chi connectivity index (χ2v) is 3.59. The average molecular weight is 214 g/mol. The Kier molecular flexibility index (Phi) is 3.48. The summed E-state index contributed by atoms with van der Waals surface area (Å²) in [5, 5.41) is 8.09. The molecule has 0 aromatic rings. The average Bonchev–Trinajstić information content (AvgIpc) is 2.10. The highest BCUT2D eigenvalue weighted by Crippen LogP contribution is 2.06. The molecule has 0 fully saturated rings. The third-order valence-corrected chi connectivity index (χ3v) is 1.54. The summed E-state index contributed by atoms with van der Waals surface area (Å²) in [5.74, 6) is 0.348. The van der Waals surface area contributed by atoms with E-state index in [1.807, 2.05) is 6.92 Å². The molecule has 0 spiro atoms. The molecule has 7 heteroatoms. The molecule has 15 heavy (non-hydrogen) atoms. The fourth-order valence-electron chi connectivity index (χ4n) is 1.11. The lowest BCUT2D eigenvalue weighted by Crippen LogP contribution is -2.39. The van der Waals surface area contributed by atoms with Gasteiger partial charge in [0, 0.05) is 5.71 Å². The summed E-state index contributed by atoms with van der Waals surface area (Å²) in [5.41, 5.74) is 6.18. The van der Waals surface area contributed by atoms with Crippen molar-refractivity contribution in [3.05, 3.63) is 0 Å². The van der Waals surface area contributed by atoms with Crippen molar-refractivity contribution in [1.29, 1.82) is 0 Å². The van der Waals surface area contributed by atoms with Crippen LogP contribution in [0.3, 0.4) is 0 Å². The summed E-state index contributed by atoms with van der Waals surface area (Å²) in [7, 11) is 0. The van der Waals surface area contributed by atoms with E-state index in [9.17, 15) is 4.79 Å². The van der Waals surface area contributed by atoms with E-state index in [1.54, 1.807) is 0 Å². The molecule has 84 valence electrons. The minimum Gasteiger partial charge on any atom is -0.363 e. The molecule has 0 radical (unpaired) electrons. The van der Waals surface area contributed by atoms with Crippen molar-refractivity contribution in [3.8, 4) is 0 Å². The molecule has 7 nitrogen and oxygen atoms in total. The number of rotatable bonds is 3. The first-order chi connectivity index (χ1) is 6.99. The predicted molar refractivity (Wildman–Crippen MR) is 53.6 cm³/mol. The first-order valence-electron chi connectivity index (χ1n) is 4.55. The molecule has 0 amide bonds. The Morgan fingerprint density at radius 3 is 2.93 bits per heavy atom. The molecule has 0 saturated heterocycles. The van der Waals surface area contributed by atoms with Crippen molar-refractivity contribution >= 4 is 17.8 Å². The topological polar surface area (TPSA) is 89.5 Å². The van der Waals surface area contributed by atoms with Crippen LogP contribution < -0.4 is 5.73 Å². The Bertz CT molecular complexity index is 311. The van der Waals surface area contributed by atoms with Crippen LogP contribution in [0.2, 0.25) is 0 Å². The van der Waals surface area contributed by atoms with E-state index in [2.05, 4.69) is 33.8 Å². The fourth-order valence-corrected chi connectivity index (χ4v) is 1.11. The second-order valence-electron chi connectivity index (χ2n) is 3.59. The number of hydrogen-bond donors (Lipinski definition) is 1. The number of hydrazone groups is 1. The molecular formula is C8H14N4O3. The van der Waals surface area contributed by atoms with Crippen LogP contribution in [0.15, 0.2) is 10.3 Å². The van der Waals surface area contributed by atoms with E-state index in [-0.39, 0.29) is 5.96 Å². The van der Waals surface area contributed by atoms with E-state index in [0.717, 1.165) is 17.3 Å². The number of guanidine groups is 1. The molecular weight excluding hydrogens is 200 g/mol. The fraction of sp³-hybridized carbons (Fsp3) is 0.625. The number of hydrogen-bond acceptors (Lipinski definition) is 7. The Morgan fingerprint density at radius 2 is 2.33 bits per heavy atom. The molecule has 1 rings (SSSR count). The van der Waals surface area contributed by atoms with Crippen LogP contribution in [0.4, 0.5) is 4.79 Å². The van der Waals surface area contributed by atoms with Crippen LogP contribution in [0.5, 0.6) is 0 Å². The summed E-state index contributed by atoms with van der Waals surface area (Å²) in [4.78, 5) is 19.5. The van der Waals surface area contributed by atoms with Crippen molar-refractivity contribution in [2.45, 2.75) is 27.2 Å². The SMILES string of the molecule is C/C(CC(C)C)=N\N1OC(=O)ON=C1N. The van der Waals surface area contributed by atoms with Gasteiger partial charge in [0.2, 0.25) is 0 Å². The molecule has 1 aliphatic rings. The van der Waals surface area contributed by atoms with Crippen molar-refractivity contribution in [2.24, 2.45) is 21.9 Å². The van der Waals surface area contributed by atoms with Gasteiger partial charge in [-0.15, -0.1) is 5.10 Å². The van der Waals surface area contributed by atoms with Gasteiger partial charge in [-0.05, 0) is 29.6 Å². The Balaban J connectivity index is 2.67. The summed E-state index contributed by atoms with van der Waals surface area (Å²) in [6, 6.07) is 0. The van der Waals surface area contributed by atoms with Gasteiger partial charge in [0.1, 0.15) is 0 Å². The number of carbonyl (C=O) groups excluding carboxylic acids is 1. The van der Waals surface area contributed by atoms with Gasteiger partial charge >= 0.3 is 6.16 Å². The lowest BCUT2D eigenvalue weighted by Gasteiger charge is -2.18. The van der Waals surface area contributed by atoms with E-state index < -0.39 is 6.16 Å². The zero-order valence-corrected chi connectivity index (χ0v) is 8.93. The van der Waals surface area contributed by atoms with E-state index in [4.69, 9.17) is 5.73 Å². The standard InChI is InChI=1S/C8H14N4O3/c1-5(2)4-6(3)10-12-7(9)11-14-8(13)15-12/h5H,4H2,1-3H3,(H2,9,11)/b10-6+. The van der Waals surface area contributed by atoms with Gasteiger partial charge in [0.15, 0.2) is 0 Å². The lowest BCUT2D eigenvalue weighted by atomic mass is 10.1. The summed E-state index contributed by atoms with van der Waals surface area (Å²) in [6.45, 7) is 5.93. The van der Waals surface area contributed by atoms with Crippen molar-refractivity contribution in [2.75, 3.05) is 0 Å². The summed E-state index contributed by atoms with van der Waals surface area (Å²) in [6.07, 6.45) is -0.173. The molecule has 1 aliphatic heterocycles. The zero-order valence-electron chi connectivity index (χ0n) is 8.93. The number of carbonyl (C=O) groups is 1.